The predicted octanol–water partition coefficient (Wildman–Crippen LogP) is 2.98. The Bertz CT molecular complexity index is 300. The van der Waals surface area contributed by atoms with Gasteiger partial charge in [0.2, 0.25) is 5.91 Å². The molecular formula is C16H30N2O. The first-order valence-electron chi connectivity index (χ1n) is 8.11. The van der Waals surface area contributed by atoms with Crippen LogP contribution in [-0.4, -0.2) is 17.5 Å². The summed E-state index contributed by atoms with van der Waals surface area (Å²) in [6.45, 7) is 4.61. The molecule has 0 aliphatic heterocycles. The first-order valence-corrected chi connectivity index (χ1v) is 8.11. The molecule has 0 aromatic carbocycles. The molecule has 3 N–H and O–H groups in total. The minimum atomic E-state index is -0.576. The van der Waals surface area contributed by atoms with Gasteiger partial charge in [0.25, 0.3) is 0 Å². The van der Waals surface area contributed by atoms with Gasteiger partial charge >= 0.3 is 0 Å². The molecule has 0 unspecified atom stereocenters. The molecule has 0 heterocycles. The van der Waals surface area contributed by atoms with E-state index in [1.54, 1.807) is 0 Å². The average Bonchev–Trinajstić information content (AvgIpc) is 2.40. The second-order valence-corrected chi connectivity index (χ2v) is 7.05. The summed E-state index contributed by atoms with van der Waals surface area (Å²) < 4.78 is 0. The van der Waals surface area contributed by atoms with Gasteiger partial charge in [-0.15, -0.1) is 0 Å². The summed E-state index contributed by atoms with van der Waals surface area (Å²) >= 11 is 0. The van der Waals surface area contributed by atoms with Gasteiger partial charge in [-0.1, -0.05) is 33.1 Å². The SMILES string of the molecule is CC(C)C1CCC(NC(=O)C2(N)CCCCC2)CC1. The van der Waals surface area contributed by atoms with Crippen molar-refractivity contribution in [2.24, 2.45) is 17.6 Å². The maximum Gasteiger partial charge on any atom is 0.240 e. The Morgan fingerprint density at radius 3 is 2.21 bits per heavy atom. The Kier molecular flexibility index (Phi) is 4.88. The lowest BCUT2D eigenvalue weighted by molar-refractivity contribution is -0.128. The number of nitrogens with two attached hydrogens (primary N) is 1. The molecule has 0 spiro atoms. The van der Waals surface area contributed by atoms with E-state index in [9.17, 15) is 4.79 Å². The first-order chi connectivity index (χ1) is 9.01. The number of rotatable bonds is 3. The van der Waals surface area contributed by atoms with Gasteiger partial charge in [0.05, 0.1) is 5.54 Å². The van der Waals surface area contributed by atoms with Crippen LogP contribution in [0.15, 0.2) is 0 Å². The van der Waals surface area contributed by atoms with Crippen LogP contribution in [0, 0.1) is 11.8 Å². The van der Waals surface area contributed by atoms with E-state index < -0.39 is 5.54 Å². The summed E-state index contributed by atoms with van der Waals surface area (Å²) in [4.78, 5) is 12.4. The molecule has 0 aromatic rings. The van der Waals surface area contributed by atoms with Crippen LogP contribution in [0.25, 0.3) is 0 Å². The molecule has 19 heavy (non-hydrogen) atoms. The van der Waals surface area contributed by atoms with Gasteiger partial charge in [0.15, 0.2) is 0 Å². The van der Waals surface area contributed by atoms with Crippen LogP contribution in [0.3, 0.4) is 0 Å². The van der Waals surface area contributed by atoms with Crippen LogP contribution < -0.4 is 11.1 Å². The van der Waals surface area contributed by atoms with Gasteiger partial charge in [-0.3, -0.25) is 4.79 Å². The second kappa shape index (κ2) is 6.25. The normalized spacial score (nSPS) is 31.2. The molecule has 110 valence electrons. The lowest BCUT2D eigenvalue weighted by atomic mass is 9.78. The summed E-state index contributed by atoms with van der Waals surface area (Å²) in [6.07, 6.45) is 9.91. The van der Waals surface area contributed by atoms with Crippen LogP contribution in [-0.2, 0) is 4.79 Å². The number of amides is 1. The van der Waals surface area contributed by atoms with Gasteiger partial charge in [-0.25, -0.2) is 0 Å². The van der Waals surface area contributed by atoms with Crippen molar-refractivity contribution in [1.29, 1.82) is 0 Å². The third kappa shape index (κ3) is 3.71. The van der Waals surface area contributed by atoms with Crippen LogP contribution in [0.2, 0.25) is 0 Å². The highest BCUT2D eigenvalue weighted by Crippen LogP contribution is 2.31. The van der Waals surface area contributed by atoms with Crippen LogP contribution in [0.1, 0.15) is 71.6 Å². The monoisotopic (exact) mass is 266 g/mol. The van der Waals surface area contributed by atoms with E-state index >= 15 is 0 Å². The van der Waals surface area contributed by atoms with E-state index in [2.05, 4.69) is 19.2 Å². The second-order valence-electron chi connectivity index (χ2n) is 7.05. The van der Waals surface area contributed by atoms with E-state index in [1.807, 2.05) is 0 Å². The van der Waals surface area contributed by atoms with Crippen LogP contribution in [0.5, 0.6) is 0 Å². The van der Waals surface area contributed by atoms with E-state index in [0.29, 0.717) is 6.04 Å². The standard InChI is InChI=1S/C16H30N2O/c1-12(2)13-6-8-14(9-7-13)18-15(19)16(17)10-4-3-5-11-16/h12-14H,3-11,17H2,1-2H3,(H,18,19). The molecule has 0 atom stereocenters. The summed E-state index contributed by atoms with van der Waals surface area (Å²) in [5.41, 5.74) is 5.71. The van der Waals surface area contributed by atoms with Crippen molar-refractivity contribution in [3.8, 4) is 0 Å². The molecule has 3 heteroatoms. The van der Waals surface area contributed by atoms with Crippen molar-refractivity contribution >= 4 is 5.91 Å². The number of nitrogens with one attached hydrogen (secondary N) is 1. The molecule has 0 radical (unpaired) electrons. The van der Waals surface area contributed by atoms with Crippen LogP contribution >= 0.6 is 0 Å². The van der Waals surface area contributed by atoms with Crippen molar-refractivity contribution < 1.29 is 4.79 Å². The lowest BCUT2D eigenvalue weighted by Gasteiger charge is -2.36. The molecule has 2 aliphatic rings. The Labute approximate surface area is 117 Å². The lowest BCUT2D eigenvalue weighted by Crippen LogP contribution is -2.57. The molecule has 0 saturated heterocycles. The Hall–Kier alpha value is -0.570. The minimum Gasteiger partial charge on any atom is -0.352 e. The smallest absolute Gasteiger partial charge is 0.240 e. The zero-order valence-electron chi connectivity index (χ0n) is 12.6. The number of carbonyl (C=O) groups is 1. The average molecular weight is 266 g/mol. The van der Waals surface area contributed by atoms with E-state index in [1.165, 1.54) is 19.3 Å². The quantitative estimate of drug-likeness (QED) is 0.825. The molecule has 2 rings (SSSR count). The van der Waals surface area contributed by atoms with Crippen molar-refractivity contribution in [3.05, 3.63) is 0 Å². The molecular weight excluding hydrogens is 236 g/mol. The van der Waals surface area contributed by atoms with Crippen molar-refractivity contribution in [3.63, 3.8) is 0 Å². The van der Waals surface area contributed by atoms with E-state index in [0.717, 1.165) is 50.4 Å². The highest BCUT2D eigenvalue weighted by Gasteiger charge is 2.36. The molecule has 2 fully saturated rings. The fraction of sp³-hybridized carbons (Fsp3) is 0.938. The highest BCUT2D eigenvalue weighted by molar-refractivity contribution is 5.86. The maximum absolute atomic E-state index is 12.4. The van der Waals surface area contributed by atoms with E-state index in [4.69, 9.17) is 5.73 Å². The summed E-state index contributed by atoms with van der Waals surface area (Å²) in [5.74, 6) is 1.73. The van der Waals surface area contributed by atoms with E-state index in [-0.39, 0.29) is 5.91 Å². The zero-order chi connectivity index (χ0) is 13.9. The van der Waals surface area contributed by atoms with Gasteiger partial charge in [0.1, 0.15) is 0 Å². The zero-order valence-corrected chi connectivity index (χ0v) is 12.6. The van der Waals surface area contributed by atoms with Crippen molar-refractivity contribution in [2.75, 3.05) is 0 Å². The summed E-state index contributed by atoms with van der Waals surface area (Å²) in [7, 11) is 0. The molecule has 0 bridgehead atoms. The predicted molar refractivity (Wildman–Crippen MR) is 78.7 cm³/mol. The largest absolute Gasteiger partial charge is 0.352 e. The fourth-order valence-corrected chi connectivity index (χ4v) is 3.67. The minimum absolute atomic E-state index is 0.111. The molecule has 0 aromatic heterocycles. The van der Waals surface area contributed by atoms with Crippen molar-refractivity contribution in [2.45, 2.75) is 83.2 Å². The fourth-order valence-electron chi connectivity index (χ4n) is 3.67. The summed E-state index contributed by atoms with van der Waals surface area (Å²) in [5, 5.41) is 3.22. The topological polar surface area (TPSA) is 55.1 Å². The number of hydrogen-bond donors (Lipinski definition) is 2. The Morgan fingerprint density at radius 2 is 1.68 bits per heavy atom. The Balaban J connectivity index is 1.80. The van der Waals surface area contributed by atoms with Gasteiger partial charge < -0.3 is 11.1 Å². The first kappa shape index (κ1) is 14.8. The number of carbonyl (C=O) groups excluding carboxylic acids is 1. The highest BCUT2D eigenvalue weighted by atomic mass is 16.2. The number of hydrogen-bond acceptors (Lipinski definition) is 2. The molecule has 2 saturated carbocycles. The third-order valence-electron chi connectivity index (χ3n) is 5.25. The van der Waals surface area contributed by atoms with Gasteiger partial charge in [-0.2, -0.15) is 0 Å². The van der Waals surface area contributed by atoms with Gasteiger partial charge in [-0.05, 0) is 50.4 Å². The molecule has 2 aliphatic carbocycles. The Morgan fingerprint density at radius 1 is 1.11 bits per heavy atom. The molecule has 3 nitrogen and oxygen atoms in total. The maximum atomic E-state index is 12.4. The molecule has 1 amide bonds. The van der Waals surface area contributed by atoms with Crippen molar-refractivity contribution in [1.82, 2.24) is 5.32 Å². The summed E-state index contributed by atoms with van der Waals surface area (Å²) in [6, 6.07) is 0.366. The van der Waals surface area contributed by atoms with Crippen LogP contribution in [0.4, 0.5) is 0 Å². The van der Waals surface area contributed by atoms with Gasteiger partial charge in [0, 0.05) is 6.04 Å². The third-order valence-corrected chi connectivity index (χ3v) is 5.25.